The number of rotatable bonds is 4. The lowest BCUT2D eigenvalue weighted by molar-refractivity contribution is 0.153. The molecule has 1 saturated carbocycles. The fourth-order valence-corrected chi connectivity index (χ4v) is 2.90. The first kappa shape index (κ1) is 14.2. The van der Waals surface area contributed by atoms with Crippen LogP contribution in [0, 0.1) is 23.2 Å². The molecule has 0 aromatic heterocycles. The van der Waals surface area contributed by atoms with Gasteiger partial charge in [-0.25, -0.2) is 0 Å². The van der Waals surface area contributed by atoms with Crippen LogP contribution in [0.25, 0.3) is 0 Å². The summed E-state index contributed by atoms with van der Waals surface area (Å²) in [4.78, 5) is 0. The van der Waals surface area contributed by atoms with Crippen molar-refractivity contribution in [2.45, 2.75) is 25.7 Å². The van der Waals surface area contributed by atoms with Gasteiger partial charge in [-0.3, -0.25) is 0 Å². The monoisotopic (exact) mass is 278 g/mol. The van der Waals surface area contributed by atoms with E-state index in [0.717, 1.165) is 13.0 Å². The Morgan fingerprint density at radius 2 is 2.05 bits per heavy atom. The summed E-state index contributed by atoms with van der Waals surface area (Å²) in [5.41, 5.74) is 6.31. The molecule has 0 heterocycles. The van der Waals surface area contributed by atoms with Gasteiger partial charge in [0.1, 0.15) is 11.8 Å². The van der Waals surface area contributed by atoms with Crippen LogP contribution in [-0.4, -0.2) is 13.2 Å². The largest absolute Gasteiger partial charge is 0.492 e. The summed E-state index contributed by atoms with van der Waals surface area (Å²) in [5, 5.41) is 9.63. The van der Waals surface area contributed by atoms with Gasteiger partial charge in [0.25, 0.3) is 0 Å². The number of hydrogen-bond acceptors (Lipinski definition) is 3. The second-order valence-electron chi connectivity index (χ2n) is 5.10. The van der Waals surface area contributed by atoms with Crippen molar-refractivity contribution in [2.24, 2.45) is 17.6 Å². The number of halogens is 1. The summed E-state index contributed by atoms with van der Waals surface area (Å²) >= 11 is 5.87. The van der Waals surface area contributed by atoms with E-state index in [1.54, 1.807) is 18.2 Å². The molecule has 1 aliphatic rings. The van der Waals surface area contributed by atoms with E-state index in [0.29, 0.717) is 34.8 Å². The third kappa shape index (κ3) is 3.62. The minimum Gasteiger partial charge on any atom is -0.492 e. The van der Waals surface area contributed by atoms with E-state index >= 15 is 0 Å². The van der Waals surface area contributed by atoms with Gasteiger partial charge in [-0.2, -0.15) is 5.26 Å². The molecule has 0 amide bonds. The number of nitrogens with two attached hydrogens (primary N) is 1. The molecule has 1 aromatic carbocycles. The maximum Gasteiger partial charge on any atom is 0.137 e. The summed E-state index contributed by atoms with van der Waals surface area (Å²) in [6, 6.07) is 7.27. The molecule has 0 saturated heterocycles. The van der Waals surface area contributed by atoms with Crippen molar-refractivity contribution in [3.63, 3.8) is 0 Å². The van der Waals surface area contributed by atoms with Gasteiger partial charge in [-0.1, -0.05) is 24.4 Å². The van der Waals surface area contributed by atoms with Gasteiger partial charge >= 0.3 is 0 Å². The van der Waals surface area contributed by atoms with E-state index in [9.17, 15) is 0 Å². The van der Waals surface area contributed by atoms with Crippen molar-refractivity contribution < 1.29 is 4.74 Å². The first-order valence-corrected chi connectivity index (χ1v) is 7.15. The van der Waals surface area contributed by atoms with Crippen LogP contribution in [0.2, 0.25) is 5.02 Å². The average Bonchev–Trinajstić information content (AvgIpc) is 2.46. The highest BCUT2D eigenvalue weighted by atomic mass is 35.5. The van der Waals surface area contributed by atoms with Crippen molar-refractivity contribution in [1.82, 2.24) is 0 Å². The second kappa shape index (κ2) is 6.79. The summed E-state index contributed by atoms with van der Waals surface area (Å²) in [5.74, 6) is 1.67. The van der Waals surface area contributed by atoms with E-state index in [4.69, 9.17) is 27.3 Å². The Hall–Kier alpha value is -1.24. The molecule has 1 aliphatic carbocycles. The molecular formula is C15H19ClN2O. The zero-order valence-corrected chi connectivity index (χ0v) is 11.7. The van der Waals surface area contributed by atoms with Crippen LogP contribution in [0.15, 0.2) is 18.2 Å². The molecule has 102 valence electrons. The molecule has 2 atom stereocenters. The fraction of sp³-hybridized carbons (Fsp3) is 0.533. The zero-order valence-electron chi connectivity index (χ0n) is 10.9. The third-order valence-electron chi connectivity index (χ3n) is 3.88. The van der Waals surface area contributed by atoms with Gasteiger partial charge < -0.3 is 10.5 Å². The molecule has 19 heavy (non-hydrogen) atoms. The number of nitriles is 1. The lowest BCUT2D eigenvalue weighted by atomic mass is 9.80. The molecule has 0 aliphatic heterocycles. The molecule has 1 fully saturated rings. The van der Waals surface area contributed by atoms with E-state index in [-0.39, 0.29) is 0 Å². The zero-order chi connectivity index (χ0) is 13.7. The highest BCUT2D eigenvalue weighted by molar-refractivity contribution is 6.30. The van der Waals surface area contributed by atoms with Gasteiger partial charge in [-0.05, 0) is 49.4 Å². The summed E-state index contributed by atoms with van der Waals surface area (Å²) in [7, 11) is 0. The highest BCUT2D eigenvalue weighted by Crippen LogP contribution is 2.30. The predicted octanol–water partition coefficient (Wildman–Crippen LogP) is 3.36. The van der Waals surface area contributed by atoms with Gasteiger partial charge in [0.2, 0.25) is 0 Å². The average molecular weight is 279 g/mol. The highest BCUT2D eigenvalue weighted by Gasteiger charge is 2.24. The minimum atomic E-state index is 0.493. The van der Waals surface area contributed by atoms with Gasteiger partial charge in [-0.15, -0.1) is 0 Å². The predicted molar refractivity (Wildman–Crippen MR) is 76.2 cm³/mol. The normalized spacial score (nSPS) is 22.8. The quantitative estimate of drug-likeness (QED) is 0.919. The Morgan fingerprint density at radius 1 is 1.32 bits per heavy atom. The van der Waals surface area contributed by atoms with Gasteiger partial charge in [0.05, 0.1) is 12.2 Å². The second-order valence-corrected chi connectivity index (χ2v) is 5.54. The summed E-state index contributed by atoms with van der Waals surface area (Å²) in [6.07, 6.45) is 4.87. The molecule has 0 radical (unpaired) electrons. The molecule has 0 bridgehead atoms. The van der Waals surface area contributed by atoms with E-state index in [1.807, 2.05) is 0 Å². The molecule has 4 heteroatoms. The topological polar surface area (TPSA) is 59.0 Å². The standard InChI is InChI=1S/C15H19ClN2O/c16-14-5-6-15(13(7-14)9-18)19-10-12-4-2-1-3-11(12)8-17/h5-7,11-12H,1-4,8,10,17H2. The van der Waals surface area contributed by atoms with Crippen molar-refractivity contribution >= 4 is 11.6 Å². The lowest BCUT2D eigenvalue weighted by Gasteiger charge is -2.30. The molecule has 1 aromatic rings. The van der Waals surface area contributed by atoms with Crippen LogP contribution in [0.3, 0.4) is 0 Å². The Labute approximate surface area is 119 Å². The maximum absolute atomic E-state index is 9.07. The number of benzene rings is 1. The number of nitrogens with zero attached hydrogens (tertiary/aromatic N) is 1. The maximum atomic E-state index is 9.07. The molecule has 2 unspecified atom stereocenters. The SMILES string of the molecule is N#Cc1cc(Cl)ccc1OCC1CCCCC1CN. The summed E-state index contributed by atoms with van der Waals surface area (Å²) < 4.78 is 5.82. The van der Waals surface area contributed by atoms with Crippen LogP contribution < -0.4 is 10.5 Å². The van der Waals surface area contributed by atoms with Crippen LogP contribution in [0.5, 0.6) is 5.75 Å². The molecule has 2 N–H and O–H groups in total. The van der Waals surface area contributed by atoms with Gasteiger partial charge in [0.15, 0.2) is 0 Å². The van der Waals surface area contributed by atoms with Gasteiger partial charge in [0, 0.05) is 5.02 Å². The Balaban J connectivity index is 2.00. The van der Waals surface area contributed by atoms with Crippen molar-refractivity contribution in [1.29, 1.82) is 5.26 Å². The molecule has 3 nitrogen and oxygen atoms in total. The van der Waals surface area contributed by atoms with E-state index in [2.05, 4.69) is 6.07 Å². The number of hydrogen-bond donors (Lipinski definition) is 1. The number of ether oxygens (including phenoxy) is 1. The molecule has 2 rings (SSSR count). The minimum absolute atomic E-state index is 0.493. The first-order chi connectivity index (χ1) is 9.24. The lowest BCUT2D eigenvalue weighted by Crippen LogP contribution is -2.30. The van der Waals surface area contributed by atoms with Crippen molar-refractivity contribution in [2.75, 3.05) is 13.2 Å². The molecular weight excluding hydrogens is 260 g/mol. The first-order valence-electron chi connectivity index (χ1n) is 6.77. The fourth-order valence-electron chi connectivity index (χ4n) is 2.73. The smallest absolute Gasteiger partial charge is 0.137 e. The van der Waals surface area contributed by atoms with Crippen LogP contribution >= 0.6 is 11.6 Å². The van der Waals surface area contributed by atoms with E-state index in [1.165, 1.54) is 19.3 Å². The van der Waals surface area contributed by atoms with Crippen molar-refractivity contribution in [3.8, 4) is 11.8 Å². The summed E-state index contributed by atoms with van der Waals surface area (Å²) in [6.45, 7) is 1.36. The Morgan fingerprint density at radius 3 is 2.74 bits per heavy atom. The van der Waals surface area contributed by atoms with Crippen molar-refractivity contribution in [3.05, 3.63) is 28.8 Å². The van der Waals surface area contributed by atoms with Crippen LogP contribution in [0.4, 0.5) is 0 Å². The third-order valence-corrected chi connectivity index (χ3v) is 4.12. The Bertz CT molecular complexity index is 470. The van der Waals surface area contributed by atoms with Crippen LogP contribution in [0.1, 0.15) is 31.2 Å². The van der Waals surface area contributed by atoms with E-state index < -0.39 is 0 Å². The molecule has 0 spiro atoms. The Kier molecular flexibility index (Phi) is 5.07. The van der Waals surface area contributed by atoms with Crippen LogP contribution in [-0.2, 0) is 0 Å².